The molecule has 0 aromatic rings. The molecule has 1 N–H and O–H groups in total. The predicted octanol–water partition coefficient (Wildman–Crippen LogP) is 2.02. The molecular weight excluding hydrogens is 178 g/mol. The van der Waals surface area contributed by atoms with E-state index in [9.17, 15) is 0 Å². The van der Waals surface area contributed by atoms with E-state index < -0.39 is 0 Å². The topological polar surface area (TPSA) is 30.5 Å². The van der Waals surface area contributed by atoms with Gasteiger partial charge in [-0.1, -0.05) is 26.7 Å². The van der Waals surface area contributed by atoms with Crippen LogP contribution < -0.4 is 5.32 Å². The quantitative estimate of drug-likeness (QED) is 0.612. The molecular formula is C11H25NO2. The third-order valence-corrected chi connectivity index (χ3v) is 2.60. The summed E-state index contributed by atoms with van der Waals surface area (Å²) in [4.78, 5) is 0. The van der Waals surface area contributed by atoms with E-state index in [1.54, 1.807) is 14.2 Å². The lowest BCUT2D eigenvalue weighted by Gasteiger charge is -2.26. The second-order valence-corrected chi connectivity index (χ2v) is 3.86. The molecule has 0 radical (unpaired) electrons. The molecule has 2 unspecified atom stereocenters. The van der Waals surface area contributed by atoms with E-state index in [-0.39, 0.29) is 12.3 Å². The number of ether oxygens (including phenoxy) is 2. The summed E-state index contributed by atoms with van der Waals surface area (Å²) in [6.45, 7) is 4.49. The number of rotatable bonds is 8. The summed E-state index contributed by atoms with van der Waals surface area (Å²) in [5, 5.41) is 3.24. The zero-order chi connectivity index (χ0) is 11.0. The number of nitrogens with one attached hydrogen (secondary N) is 1. The fourth-order valence-electron chi connectivity index (χ4n) is 1.83. The molecule has 2 atom stereocenters. The Morgan fingerprint density at radius 1 is 1.21 bits per heavy atom. The van der Waals surface area contributed by atoms with Crippen LogP contribution in [0.5, 0.6) is 0 Å². The molecule has 0 saturated heterocycles. The molecule has 0 amide bonds. The summed E-state index contributed by atoms with van der Waals surface area (Å²) in [5.74, 6) is 0.713. The maximum atomic E-state index is 5.25. The van der Waals surface area contributed by atoms with Crippen molar-refractivity contribution in [1.82, 2.24) is 5.32 Å². The van der Waals surface area contributed by atoms with Crippen LogP contribution in [-0.2, 0) is 9.47 Å². The Kier molecular flexibility index (Phi) is 8.14. The van der Waals surface area contributed by atoms with Crippen molar-refractivity contribution in [3.63, 3.8) is 0 Å². The molecule has 0 bridgehead atoms. The van der Waals surface area contributed by atoms with E-state index in [0.717, 1.165) is 6.42 Å². The number of hydrogen-bond acceptors (Lipinski definition) is 3. The molecule has 0 aliphatic rings. The number of methoxy groups -OCH3 is 2. The lowest BCUT2D eigenvalue weighted by atomic mass is 9.97. The van der Waals surface area contributed by atoms with Crippen molar-refractivity contribution < 1.29 is 9.47 Å². The van der Waals surface area contributed by atoms with Gasteiger partial charge in [0.25, 0.3) is 0 Å². The van der Waals surface area contributed by atoms with Crippen molar-refractivity contribution >= 4 is 0 Å². The van der Waals surface area contributed by atoms with Crippen LogP contribution in [-0.4, -0.2) is 33.6 Å². The third-order valence-electron chi connectivity index (χ3n) is 2.60. The van der Waals surface area contributed by atoms with Gasteiger partial charge in [-0.2, -0.15) is 0 Å². The maximum Gasteiger partial charge on any atom is 0.171 e. The lowest BCUT2D eigenvalue weighted by Crippen LogP contribution is -2.41. The molecule has 0 rings (SSSR count). The Hall–Kier alpha value is -0.120. The van der Waals surface area contributed by atoms with Crippen LogP contribution in [0, 0.1) is 5.92 Å². The van der Waals surface area contributed by atoms with Gasteiger partial charge in [-0.05, 0) is 19.4 Å². The van der Waals surface area contributed by atoms with E-state index in [1.165, 1.54) is 12.8 Å². The largest absolute Gasteiger partial charge is 0.354 e. The van der Waals surface area contributed by atoms with Crippen LogP contribution in [0.15, 0.2) is 0 Å². The first-order valence-electron chi connectivity index (χ1n) is 5.42. The normalized spacial score (nSPS) is 15.9. The summed E-state index contributed by atoms with van der Waals surface area (Å²) >= 11 is 0. The molecule has 14 heavy (non-hydrogen) atoms. The van der Waals surface area contributed by atoms with Crippen molar-refractivity contribution in [2.24, 2.45) is 5.92 Å². The molecule has 3 heteroatoms. The minimum atomic E-state index is -0.140. The van der Waals surface area contributed by atoms with Crippen molar-refractivity contribution in [1.29, 1.82) is 0 Å². The Labute approximate surface area is 88.2 Å². The van der Waals surface area contributed by atoms with Crippen molar-refractivity contribution in [3.8, 4) is 0 Å². The lowest BCUT2D eigenvalue weighted by molar-refractivity contribution is -0.124. The van der Waals surface area contributed by atoms with E-state index >= 15 is 0 Å². The van der Waals surface area contributed by atoms with Crippen LogP contribution in [0.1, 0.15) is 33.1 Å². The smallest absolute Gasteiger partial charge is 0.171 e. The van der Waals surface area contributed by atoms with E-state index in [0.29, 0.717) is 5.92 Å². The van der Waals surface area contributed by atoms with Crippen LogP contribution in [0.3, 0.4) is 0 Å². The van der Waals surface area contributed by atoms with Crippen molar-refractivity contribution in [3.05, 3.63) is 0 Å². The van der Waals surface area contributed by atoms with Gasteiger partial charge in [0.1, 0.15) is 0 Å². The van der Waals surface area contributed by atoms with Crippen molar-refractivity contribution in [2.75, 3.05) is 21.3 Å². The highest BCUT2D eigenvalue weighted by Gasteiger charge is 2.20. The van der Waals surface area contributed by atoms with E-state index in [1.807, 2.05) is 7.05 Å². The molecule has 0 fully saturated rings. The highest BCUT2D eigenvalue weighted by atomic mass is 16.7. The zero-order valence-corrected chi connectivity index (χ0v) is 10.2. The highest BCUT2D eigenvalue weighted by molar-refractivity contribution is 4.71. The first-order chi connectivity index (χ1) is 6.69. The molecule has 0 aromatic heterocycles. The minimum Gasteiger partial charge on any atom is -0.354 e. The van der Waals surface area contributed by atoms with Crippen LogP contribution in [0.2, 0.25) is 0 Å². The van der Waals surface area contributed by atoms with E-state index in [2.05, 4.69) is 19.2 Å². The Bertz CT molecular complexity index is 126. The SMILES string of the molecule is CCCC(C)CC(NC)C(OC)OC. The molecule has 0 aliphatic carbocycles. The average molecular weight is 203 g/mol. The molecule has 0 aliphatic heterocycles. The minimum absolute atomic E-state index is 0.140. The first kappa shape index (κ1) is 13.9. The first-order valence-corrected chi connectivity index (χ1v) is 5.42. The van der Waals surface area contributed by atoms with Gasteiger partial charge < -0.3 is 14.8 Å². The fourth-order valence-corrected chi connectivity index (χ4v) is 1.83. The fraction of sp³-hybridized carbons (Fsp3) is 1.00. The summed E-state index contributed by atoms with van der Waals surface area (Å²) in [6.07, 6.45) is 3.45. The van der Waals surface area contributed by atoms with Gasteiger partial charge in [0.15, 0.2) is 6.29 Å². The highest BCUT2D eigenvalue weighted by Crippen LogP contribution is 2.15. The Balaban J connectivity index is 3.98. The van der Waals surface area contributed by atoms with Crippen LogP contribution >= 0.6 is 0 Å². The summed E-state index contributed by atoms with van der Waals surface area (Å²) in [6, 6.07) is 0.284. The number of hydrogen-bond donors (Lipinski definition) is 1. The molecule has 0 heterocycles. The summed E-state index contributed by atoms with van der Waals surface area (Å²) < 4.78 is 10.5. The standard InChI is InChI=1S/C11H25NO2/c1-6-7-9(2)8-10(12-3)11(13-4)14-5/h9-12H,6-8H2,1-5H3. The Morgan fingerprint density at radius 3 is 2.14 bits per heavy atom. The number of likely N-dealkylation sites (N-methyl/N-ethyl adjacent to an activating group) is 1. The van der Waals surface area contributed by atoms with Crippen molar-refractivity contribution in [2.45, 2.75) is 45.4 Å². The molecule has 0 spiro atoms. The predicted molar refractivity (Wildman–Crippen MR) is 59.3 cm³/mol. The van der Waals surface area contributed by atoms with Crippen LogP contribution in [0.4, 0.5) is 0 Å². The third kappa shape index (κ3) is 4.94. The Morgan fingerprint density at radius 2 is 1.79 bits per heavy atom. The molecule has 0 aromatic carbocycles. The second kappa shape index (κ2) is 8.21. The van der Waals surface area contributed by atoms with E-state index in [4.69, 9.17) is 9.47 Å². The molecule has 86 valence electrons. The van der Waals surface area contributed by atoms with Gasteiger partial charge in [-0.25, -0.2) is 0 Å². The van der Waals surface area contributed by atoms with Gasteiger partial charge in [0.05, 0.1) is 6.04 Å². The zero-order valence-electron chi connectivity index (χ0n) is 10.2. The molecule has 3 nitrogen and oxygen atoms in total. The van der Waals surface area contributed by atoms with Crippen LogP contribution in [0.25, 0.3) is 0 Å². The van der Waals surface area contributed by atoms with Gasteiger partial charge in [0, 0.05) is 14.2 Å². The summed E-state index contributed by atoms with van der Waals surface area (Å²) in [7, 11) is 5.32. The van der Waals surface area contributed by atoms with Gasteiger partial charge in [-0.15, -0.1) is 0 Å². The van der Waals surface area contributed by atoms with Gasteiger partial charge in [0.2, 0.25) is 0 Å². The molecule has 0 saturated carbocycles. The maximum absolute atomic E-state index is 5.25. The van der Waals surface area contributed by atoms with Gasteiger partial charge in [-0.3, -0.25) is 0 Å². The summed E-state index contributed by atoms with van der Waals surface area (Å²) in [5.41, 5.74) is 0. The second-order valence-electron chi connectivity index (χ2n) is 3.86. The monoisotopic (exact) mass is 203 g/mol. The average Bonchev–Trinajstić information content (AvgIpc) is 2.18. The van der Waals surface area contributed by atoms with Gasteiger partial charge >= 0.3 is 0 Å².